The molecule has 1 aromatic rings. The smallest absolute Gasteiger partial charge is 0.254 e. The first-order chi connectivity index (χ1) is 7.00. The molecule has 0 aliphatic carbocycles. The third kappa shape index (κ3) is 3.05. The van der Waals surface area contributed by atoms with Crippen molar-refractivity contribution in [2.75, 3.05) is 19.4 Å². The Balaban J connectivity index is 2.81. The minimum absolute atomic E-state index is 0.114. The van der Waals surface area contributed by atoms with Crippen LogP contribution in [0.3, 0.4) is 0 Å². The Kier molecular flexibility index (Phi) is 3.38. The number of nitrogens with one attached hydrogen (secondary N) is 1. The molecule has 0 atom stereocenters. The van der Waals surface area contributed by atoms with E-state index in [1.54, 1.807) is 26.2 Å². The lowest BCUT2D eigenvalue weighted by Crippen LogP contribution is -2.21. The van der Waals surface area contributed by atoms with Gasteiger partial charge in [0.2, 0.25) is 5.91 Å². The van der Waals surface area contributed by atoms with E-state index >= 15 is 0 Å². The fraction of sp³-hybridized carbons (Fsp3) is 0.300. The molecule has 15 heavy (non-hydrogen) atoms. The maximum atomic E-state index is 11.5. The third-order valence-corrected chi connectivity index (χ3v) is 1.72. The van der Waals surface area contributed by atoms with Gasteiger partial charge < -0.3 is 10.2 Å². The summed E-state index contributed by atoms with van der Waals surface area (Å²) in [5, 5.41) is 2.53. The molecule has 0 radical (unpaired) electrons. The Hall–Kier alpha value is -1.91. The fourth-order valence-electron chi connectivity index (χ4n) is 1.03. The summed E-state index contributed by atoms with van der Waals surface area (Å²) < 4.78 is 0. The van der Waals surface area contributed by atoms with Crippen molar-refractivity contribution in [1.29, 1.82) is 0 Å². The minimum Gasteiger partial charge on any atom is -0.345 e. The number of pyridine rings is 1. The molecule has 0 saturated carbocycles. The number of nitrogens with zero attached hydrogens (tertiary/aromatic N) is 2. The number of rotatable bonds is 2. The van der Waals surface area contributed by atoms with Crippen LogP contribution in [0.15, 0.2) is 18.3 Å². The zero-order valence-corrected chi connectivity index (χ0v) is 8.94. The molecule has 5 nitrogen and oxygen atoms in total. The van der Waals surface area contributed by atoms with Gasteiger partial charge in [-0.25, -0.2) is 4.98 Å². The van der Waals surface area contributed by atoms with Crippen molar-refractivity contribution in [2.45, 2.75) is 6.92 Å². The van der Waals surface area contributed by atoms with Gasteiger partial charge in [0.25, 0.3) is 5.91 Å². The highest BCUT2D eigenvalue weighted by atomic mass is 16.2. The summed E-state index contributed by atoms with van der Waals surface area (Å²) in [5.41, 5.74) is 0.495. The largest absolute Gasteiger partial charge is 0.345 e. The highest BCUT2D eigenvalue weighted by Crippen LogP contribution is 2.06. The summed E-state index contributed by atoms with van der Waals surface area (Å²) in [7, 11) is 3.34. The SMILES string of the molecule is CC(=O)Nc1ccc(C(=O)N(C)C)cn1. The van der Waals surface area contributed by atoms with Gasteiger partial charge in [0.1, 0.15) is 5.82 Å². The average Bonchev–Trinajstić information content (AvgIpc) is 2.17. The van der Waals surface area contributed by atoms with Crippen LogP contribution in [0.25, 0.3) is 0 Å². The number of hydrogen-bond donors (Lipinski definition) is 1. The fourth-order valence-corrected chi connectivity index (χ4v) is 1.03. The number of aromatic nitrogens is 1. The molecular formula is C10H13N3O2. The summed E-state index contributed by atoms with van der Waals surface area (Å²) >= 11 is 0. The van der Waals surface area contributed by atoms with Gasteiger partial charge in [0, 0.05) is 27.2 Å². The van der Waals surface area contributed by atoms with Crippen molar-refractivity contribution < 1.29 is 9.59 Å². The summed E-state index contributed by atoms with van der Waals surface area (Å²) in [6.07, 6.45) is 1.44. The minimum atomic E-state index is -0.186. The van der Waals surface area contributed by atoms with E-state index in [2.05, 4.69) is 10.3 Å². The first kappa shape index (κ1) is 11.2. The zero-order chi connectivity index (χ0) is 11.4. The van der Waals surface area contributed by atoms with Gasteiger partial charge in [0.15, 0.2) is 0 Å². The molecule has 0 saturated heterocycles. The van der Waals surface area contributed by atoms with Crippen LogP contribution in [0.4, 0.5) is 5.82 Å². The summed E-state index contributed by atoms with van der Waals surface area (Å²) in [6.45, 7) is 1.40. The second kappa shape index (κ2) is 4.54. The molecule has 0 bridgehead atoms. The van der Waals surface area contributed by atoms with Crippen LogP contribution in [0, 0.1) is 0 Å². The van der Waals surface area contributed by atoms with E-state index in [-0.39, 0.29) is 11.8 Å². The number of carbonyl (C=O) groups is 2. The van der Waals surface area contributed by atoms with E-state index in [0.29, 0.717) is 11.4 Å². The first-order valence-corrected chi connectivity index (χ1v) is 4.46. The van der Waals surface area contributed by atoms with Crippen LogP contribution in [-0.2, 0) is 4.79 Å². The first-order valence-electron chi connectivity index (χ1n) is 4.46. The summed E-state index contributed by atoms with van der Waals surface area (Å²) in [5.74, 6) is 0.142. The van der Waals surface area contributed by atoms with E-state index in [1.807, 2.05) is 0 Å². The molecule has 1 N–H and O–H groups in total. The second-order valence-electron chi connectivity index (χ2n) is 3.31. The van der Waals surface area contributed by atoms with E-state index in [9.17, 15) is 9.59 Å². The Morgan fingerprint density at radius 2 is 2.00 bits per heavy atom. The molecule has 0 aliphatic heterocycles. The molecule has 0 aliphatic rings. The maximum Gasteiger partial charge on any atom is 0.254 e. The van der Waals surface area contributed by atoms with Gasteiger partial charge in [-0.3, -0.25) is 9.59 Å². The zero-order valence-electron chi connectivity index (χ0n) is 8.94. The monoisotopic (exact) mass is 207 g/mol. The van der Waals surface area contributed by atoms with Gasteiger partial charge in [-0.15, -0.1) is 0 Å². The lowest BCUT2D eigenvalue weighted by molar-refractivity contribution is -0.114. The highest BCUT2D eigenvalue weighted by molar-refractivity contribution is 5.94. The molecule has 0 fully saturated rings. The van der Waals surface area contributed by atoms with E-state index in [4.69, 9.17) is 0 Å². The van der Waals surface area contributed by atoms with Crippen molar-refractivity contribution in [2.24, 2.45) is 0 Å². The Morgan fingerprint density at radius 1 is 1.33 bits per heavy atom. The highest BCUT2D eigenvalue weighted by Gasteiger charge is 2.07. The predicted octanol–water partition coefficient (Wildman–Crippen LogP) is 0.742. The lowest BCUT2D eigenvalue weighted by Gasteiger charge is -2.09. The molecule has 0 spiro atoms. The lowest BCUT2D eigenvalue weighted by atomic mass is 10.2. The number of carbonyl (C=O) groups excluding carboxylic acids is 2. The quantitative estimate of drug-likeness (QED) is 0.778. The van der Waals surface area contributed by atoms with Crippen LogP contribution in [0.5, 0.6) is 0 Å². The molecule has 0 unspecified atom stereocenters. The molecule has 80 valence electrons. The molecular weight excluding hydrogens is 194 g/mol. The number of amides is 2. The Labute approximate surface area is 88.1 Å². The van der Waals surface area contributed by atoms with Crippen LogP contribution >= 0.6 is 0 Å². The molecule has 1 rings (SSSR count). The van der Waals surface area contributed by atoms with Crippen molar-refractivity contribution in [3.63, 3.8) is 0 Å². The van der Waals surface area contributed by atoms with Gasteiger partial charge in [-0.05, 0) is 12.1 Å². The molecule has 1 aromatic heterocycles. The van der Waals surface area contributed by atoms with Gasteiger partial charge in [-0.2, -0.15) is 0 Å². The topological polar surface area (TPSA) is 62.3 Å². The van der Waals surface area contributed by atoms with Gasteiger partial charge in [0.05, 0.1) is 5.56 Å². The van der Waals surface area contributed by atoms with Crippen molar-refractivity contribution in [3.05, 3.63) is 23.9 Å². The predicted molar refractivity (Wildman–Crippen MR) is 56.6 cm³/mol. The van der Waals surface area contributed by atoms with Crippen LogP contribution in [0.2, 0.25) is 0 Å². The number of hydrogen-bond acceptors (Lipinski definition) is 3. The average molecular weight is 207 g/mol. The van der Waals surface area contributed by atoms with Crippen molar-refractivity contribution in [3.8, 4) is 0 Å². The summed E-state index contributed by atoms with van der Waals surface area (Å²) in [4.78, 5) is 27.6. The second-order valence-corrected chi connectivity index (χ2v) is 3.31. The number of anilines is 1. The van der Waals surface area contributed by atoms with E-state index < -0.39 is 0 Å². The van der Waals surface area contributed by atoms with E-state index in [1.165, 1.54) is 18.0 Å². The van der Waals surface area contributed by atoms with Crippen LogP contribution in [-0.4, -0.2) is 35.8 Å². The molecule has 5 heteroatoms. The van der Waals surface area contributed by atoms with Crippen molar-refractivity contribution in [1.82, 2.24) is 9.88 Å². The molecule has 1 heterocycles. The van der Waals surface area contributed by atoms with Gasteiger partial charge >= 0.3 is 0 Å². The van der Waals surface area contributed by atoms with E-state index in [0.717, 1.165) is 0 Å². The van der Waals surface area contributed by atoms with Crippen molar-refractivity contribution >= 4 is 17.6 Å². The van der Waals surface area contributed by atoms with Crippen LogP contribution in [0.1, 0.15) is 17.3 Å². The third-order valence-electron chi connectivity index (χ3n) is 1.72. The Bertz CT molecular complexity index is 371. The van der Waals surface area contributed by atoms with Gasteiger partial charge in [-0.1, -0.05) is 0 Å². The summed E-state index contributed by atoms with van der Waals surface area (Å²) in [6, 6.07) is 3.22. The Morgan fingerprint density at radius 3 is 2.40 bits per heavy atom. The normalized spacial score (nSPS) is 9.53. The standard InChI is InChI=1S/C10H13N3O2/c1-7(14)12-9-5-4-8(6-11-9)10(15)13(2)3/h4-6H,1-3H3,(H,11,12,14). The molecule has 0 aromatic carbocycles. The van der Waals surface area contributed by atoms with Crippen LogP contribution < -0.4 is 5.32 Å². The molecule has 2 amide bonds. The maximum absolute atomic E-state index is 11.5.